The molecule has 2 heterocycles. The molecule has 118 valence electrons. The number of aryl methyl sites for hydroxylation is 2. The van der Waals surface area contributed by atoms with Crippen LogP contribution >= 0.6 is 23.2 Å². The minimum absolute atomic E-state index is 0.185. The van der Waals surface area contributed by atoms with Crippen molar-refractivity contribution in [2.75, 3.05) is 0 Å². The normalized spacial score (nSPS) is 11.0. The molecule has 23 heavy (non-hydrogen) atoms. The molecule has 0 spiro atoms. The standard InChI is InChI=1S/C17H15Cl2N3O/c1-10-3-4-22-15(5-10)21-11(2)16(22)17(23)20-9-12-6-13(18)8-14(19)7-12/h3-8H,9H2,1-2H3,(H,20,23). The van der Waals surface area contributed by atoms with E-state index in [0.29, 0.717) is 28.0 Å². The highest BCUT2D eigenvalue weighted by Gasteiger charge is 2.16. The fourth-order valence-electron chi connectivity index (χ4n) is 2.52. The molecule has 2 aromatic heterocycles. The minimum atomic E-state index is -0.185. The summed E-state index contributed by atoms with van der Waals surface area (Å²) < 4.78 is 1.79. The predicted octanol–water partition coefficient (Wildman–Crippen LogP) is 4.19. The Labute approximate surface area is 144 Å². The lowest BCUT2D eigenvalue weighted by atomic mass is 10.2. The quantitative estimate of drug-likeness (QED) is 0.772. The van der Waals surface area contributed by atoms with E-state index in [9.17, 15) is 4.79 Å². The third-order valence-corrected chi connectivity index (χ3v) is 3.98. The highest BCUT2D eigenvalue weighted by atomic mass is 35.5. The van der Waals surface area contributed by atoms with Crippen LogP contribution in [0.1, 0.15) is 27.3 Å². The van der Waals surface area contributed by atoms with E-state index in [4.69, 9.17) is 23.2 Å². The van der Waals surface area contributed by atoms with Gasteiger partial charge in [0.1, 0.15) is 11.3 Å². The zero-order valence-corrected chi connectivity index (χ0v) is 14.2. The second-order valence-electron chi connectivity index (χ2n) is 5.44. The van der Waals surface area contributed by atoms with Crippen molar-refractivity contribution in [2.24, 2.45) is 0 Å². The summed E-state index contributed by atoms with van der Waals surface area (Å²) in [7, 11) is 0. The molecule has 0 radical (unpaired) electrons. The first kappa shape index (κ1) is 15.8. The number of nitrogens with zero attached hydrogens (tertiary/aromatic N) is 2. The largest absolute Gasteiger partial charge is 0.347 e. The number of hydrogen-bond donors (Lipinski definition) is 1. The molecule has 1 amide bonds. The monoisotopic (exact) mass is 347 g/mol. The lowest BCUT2D eigenvalue weighted by molar-refractivity contribution is 0.0944. The van der Waals surface area contributed by atoms with E-state index in [1.54, 1.807) is 22.6 Å². The zero-order chi connectivity index (χ0) is 16.6. The van der Waals surface area contributed by atoms with Crippen LogP contribution in [0.3, 0.4) is 0 Å². The molecule has 0 unspecified atom stereocenters. The van der Waals surface area contributed by atoms with Crippen LogP contribution < -0.4 is 5.32 Å². The summed E-state index contributed by atoms with van der Waals surface area (Å²) in [6, 6.07) is 9.10. The summed E-state index contributed by atoms with van der Waals surface area (Å²) in [5.41, 5.74) is 3.94. The molecule has 0 saturated carbocycles. The number of halogens is 2. The fourth-order valence-corrected chi connectivity index (χ4v) is 3.09. The summed E-state index contributed by atoms with van der Waals surface area (Å²) in [4.78, 5) is 17.0. The van der Waals surface area contributed by atoms with Gasteiger partial charge in [-0.2, -0.15) is 0 Å². The third kappa shape index (κ3) is 3.33. The molecule has 6 heteroatoms. The number of fused-ring (bicyclic) bond motifs is 1. The van der Waals surface area contributed by atoms with Crippen LogP contribution in [-0.4, -0.2) is 15.3 Å². The molecule has 0 saturated heterocycles. The molecule has 3 rings (SSSR count). The van der Waals surface area contributed by atoms with Gasteiger partial charge in [0, 0.05) is 22.8 Å². The Hall–Kier alpha value is -2.04. The van der Waals surface area contributed by atoms with Crippen LogP contribution in [0.2, 0.25) is 10.0 Å². The van der Waals surface area contributed by atoms with E-state index in [-0.39, 0.29) is 5.91 Å². The molecule has 1 aromatic carbocycles. The van der Waals surface area contributed by atoms with Crippen molar-refractivity contribution >= 4 is 34.8 Å². The maximum absolute atomic E-state index is 12.5. The minimum Gasteiger partial charge on any atom is -0.347 e. The van der Waals surface area contributed by atoms with Crippen molar-refractivity contribution in [1.82, 2.24) is 14.7 Å². The van der Waals surface area contributed by atoms with Gasteiger partial charge in [-0.1, -0.05) is 23.2 Å². The second kappa shape index (κ2) is 6.22. The number of hydrogen-bond acceptors (Lipinski definition) is 2. The lowest BCUT2D eigenvalue weighted by Gasteiger charge is -2.07. The van der Waals surface area contributed by atoms with Gasteiger partial charge in [-0.25, -0.2) is 4.98 Å². The van der Waals surface area contributed by atoms with Crippen molar-refractivity contribution in [3.05, 3.63) is 69.1 Å². The second-order valence-corrected chi connectivity index (χ2v) is 6.31. The predicted molar refractivity (Wildman–Crippen MR) is 92.3 cm³/mol. The van der Waals surface area contributed by atoms with Gasteiger partial charge in [0.15, 0.2) is 0 Å². The molecule has 1 N–H and O–H groups in total. The fraction of sp³-hybridized carbons (Fsp3) is 0.176. The van der Waals surface area contributed by atoms with Crippen molar-refractivity contribution in [1.29, 1.82) is 0 Å². The summed E-state index contributed by atoms with van der Waals surface area (Å²) >= 11 is 11.9. The first-order valence-electron chi connectivity index (χ1n) is 7.12. The Balaban J connectivity index is 1.85. The lowest BCUT2D eigenvalue weighted by Crippen LogP contribution is -2.25. The van der Waals surface area contributed by atoms with Crippen LogP contribution in [0.5, 0.6) is 0 Å². The molecular weight excluding hydrogens is 333 g/mol. The van der Waals surface area contributed by atoms with Crippen molar-refractivity contribution < 1.29 is 4.79 Å². The van der Waals surface area contributed by atoms with Crippen LogP contribution in [0.15, 0.2) is 36.5 Å². The average Bonchev–Trinajstić information content (AvgIpc) is 2.78. The van der Waals surface area contributed by atoms with E-state index in [2.05, 4.69) is 10.3 Å². The number of carbonyl (C=O) groups excluding carboxylic acids is 1. The topological polar surface area (TPSA) is 46.4 Å². The van der Waals surface area contributed by atoms with Gasteiger partial charge in [0.05, 0.1) is 5.69 Å². The summed E-state index contributed by atoms with van der Waals surface area (Å²) in [5.74, 6) is -0.185. The Morgan fingerprint density at radius 1 is 1.17 bits per heavy atom. The molecule has 0 aliphatic heterocycles. The molecule has 0 bridgehead atoms. The van der Waals surface area contributed by atoms with Gasteiger partial charge in [0.2, 0.25) is 0 Å². The number of aromatic nitrogens is 2. The first-order valence-corrected chi connectivity index (χ1v) is 7.88. The van der Waals surface area contributed by atoms with E-state index in [1.165, 1.54) is 0 Å². The van der Waals surface area contributed by atoms with E-state index >= 15 is 0 Å². The van der Waals surface area contributed by atoms with Gasteiger partial charge in [-0.3, -0.25) is 9.20 Å². The summed E-state index contributed by atoms with van der Waals surface area (Å²) in [6.07, 6.45) is 1.86. The summed E-state index contributed by atoms with van der Waals surface area (Å²) in [6.45, 7) is 4.16. The molecule has 0 aliphatic carbocycles. The van der Waals surface area contributed by atoms with Gasteiger partial charge >= 0.3 is 0 Å². The number of rotatable bonds is 3. The van der Waals surface area contributed by atoms with Gasteiger partial charge < -0.3 is 5.32 Å². The average molecular weight is 348 g/mol. The van der Waals surface area contributed by atoms with Crippen LogP contribution in [0.4, 0.5) is 0 Å². The van der Waals surface area contributed by atoms with Crippen LogP contribution in [0.25, 0.3) is 5.65 Å². The van der Waals surface area contributed by atoms with Gasteiger partial charge in [0.25, 0.3) is 5.91 Å². The van der Waals surface area contributed by atoms with Crippen LogP contribution in [-0.2, 0) is 6.54 Å². The number of benzene rings is 1. The van der Waals surface area contributed by atoms with E-state index in [0.717, 1.165) is 16.8 Å². The number of imidazole rings is 1. The highest BCUT2D eigenvalue weighted by Crippen LogP contribution is 2.19. The molecule has 4 nitrogen and oxygen atoms in total. The Bertz CT molecular complexity index is 882. The number of nitrogens with one attached hydrogen (secondary N) is 1. The van der Waals surface area contributed by atoms with Crippen molar-refractivity contribution in [3.8, 4) is 0 Å². The SMILES string of the molecule is Cc1ccn2c(C(=O)NCc3cc(Cl)cc(Cl)c3)c(C)nc2c1. The van der Waals surface area contributed by atoms with E-state index < -0.39 is 0 Å². The maximum atomic E-state index is 12.5. The Kier molecular flexibility index (Phi) is 4.28. The van der Waals surface area contributed by atoms with E-state index in [1.807, 2.05) is 32.2 Å². The molecule has 0 aliphatic rings. The third-order valence-electron chi connectivity index (χ3n) is 3.55. The van der Waals surface area contributed by atoms with Crippen LogP contribution in [0, 0.1) is 13.8 Å². The summed E-state index contributed by atoms with van der Waals surface area (Å²) in [5, 5.41) is 3.98. The molecular formula is C17H15Cl2N3O. The molecule has 3 aromatic rings. The number of carbonyl (C=O) groups is 1. The van der Waals surface area contributed by atoms with Crippen molar-refractivity contribution in [3.63, 3.8) is 0 Å². The van der Waals surface area contributed by atoms with Gasteiger partial charge in [-0.15, -0.1) is 0 Å². The van der Waals surface area contributed by atoms with Crippen molar-refractivity contribution in [2.45, 2.75) is 20.4 Å². The number of amides is 1. The first-order chi connectivity index (χ1) is 10.9. The smallest absolute Gasteiger partial charge is 0.270 e. The zero-order valence-electron chi connectivity index (χ0n) is 12.7. The molecule has 0 fully saturated rings. The number of pyridine rings is 1. The Morgan fingerprint density at radius 3 is 2.57 bits per heavy atom. The molecule has 0 atom stereocenters. The Morgan fingerprint density at radius 2 is 1.87 bits per heavy atom. The highest BCUT2D eigenvalue weighted by molar-refractivity contribution is 6.34. The van der Waals surface area contributed by atoms with Gasteiger partial charge in [-0.05, 0) is 55.3 Å². The maximum Gasteiger partial charge on any atom is 0.270 e.